The maximum Gasteiger partial charge on any atom is 0.416 e. The van der Waals surface area contributed by atoms with Crippen molar-refractivity contribution in [1.29, 1.82) is 0 Å². The van der Waals surface area contributed by atoms with E-state index in [0.717, 1.165) is 57.3 Å². The van der Waals surface area contributed by atoms with Gasteiger partial charge in [0, 0.05) is 33.0 Å². The van der Waals surface area contributed by atoms with Crippen LogP contribution in [0.3, 0.4) is 0 Å². The Morgan fingerprint density at radius 2 is 2.08 bits per heavy atom. The molecule has 0 unspecified atom stereocenters. The van der Waals surface area contributed by atoms with Crippen molar-refractivity contribution >= 4 is 11.7 Å². The number of halogens is 3. The van der Waals surface area contributed by atoms with Crippen LogP contribution in [0.2, 0.25) is 0 Å². The van der Waals surface area contributed by atoms with Crippen molar-refractivity contribution < 1.29 is 27.4 Å². The van der Waals surface area contributed by atoms with Crippen molar-refractivity contribution in [2.24, 2.45) is 23.2 Å². The number of methoxy groups -OCH3 is 1. The van der Waals surface area contributed by atoms with Gasteiger partial charge in [-0.05, 0) is 68.4 Å². The molecule has 3 aliphatic heterocycles. The number of ether oxygens (including phenoxy) is 2. The van der Waals surface area contributed by atoms with Crippen molar-refractivity contribution in [3.63, 3.8) is 0 Å². The zero-order valence-corrected chi connectivity index (χ0v) is 21.5. The third-order valence-electron chi connectivity index (χ3n) is 9.43. The molecule has 6 nitrogen and oxygen atoms in total. The van der Waals surface area contributed by atoms with Crippen molar-refractivity contribution in [3.8, 4) is 0 Å². The number of carbonyl (C=O) groups is 1. The van der Waals surface area contributed by atoms with Crippen LogP contribution in [-0.4, -0.2) is 67.4 Å². The monoisotopic (exact) mass is 509 g/mol. The molecule has 1 amide bonds. The van der Waals surface area contributed by atoms with E-state index in [-0.39, 0.29) is 35.4 Å². The Bertz CT molecular complexity index is 958. The molecule has 1 aliphatic carbocycles. The first kappa shape index (κ1) is 25.8. The number of alkyl halides is 3. The minimum atomic E-state index is -4.39. The topological polar surface area (TPSA) is 54.9 Å². The summed E-state index contributed by atoms with van der Waals surface area (Å²) in [4.78, 5) is 22.3. The third-order valence-corrected chi connectivity index (χ3v) is 9.43. The van der Waals surface area contributed by atoms with Gasteiger partial charge in [0.25, 0.3) is 0 Å². The maximum atomic E-state index is 14.1. The van der Waals surface area contributed by atoms with Gasteiger partial charge in [-0.1, -0.05) is 13.8 Å². The van der Waals surface area contributed by atoms with Crippen LogP contribution in [0.1, 0.15) is 57.9 Å². The average molecular weight is 510 g/mol. The van der Waals surface area contributed by atoms with Crippen LogP contribution in [-0.2, 0) is 20.4 Å². The Hall–Kier alpha value is -1.87. The highest BCUT2D eigenvalue weighted by Crippen LogP contribution is 2.52. The fourth-order valence-electron chi connectivity index (χ4n) is 7.30. The van der Waals surface area contributed by atoms with Gasteiger partial charge in [-0.25, -0.2) is 4.98 Å². The minimum Gasteiger partial charge on any atom is -0.379 e. The van der Waals surface area contributed by atoms with E-state index in [1.807, 2.05) is 9.80 Å². The number of amides is 1. The van der Waals surface area contributed by atoms with Crippen LogP contribution >= 0.6 is 0 Å². The lowest BCUT2D eigenvalue weighted by Gasteiger charge is -2.42. The number of pyridine rings is 1. The van der Waals surface area contributed by atoms with E-state index in [4.69, 9.17) is 9.47 Å². The van der Waals surface area contributed by atoms with Gasteiger partial charge in [-0.3, -0.25) is 4.79 Å². The van der Waals surface area contributed by atoms with Crippen molar-refractivity contribution in [1.82, 2.24) is 9.88 Å². The average Bonchev–Trinajstić information content (AvgIpc) is 3.58. The van der Waals surface area contributed by atoms with Gasteiger partial charge >= 0.3 is 6.18 Å². The van der Waals surface area contributed by atoms with Crippen molar-refractivity contribution in [2.75, 3.05) is 38.3 Å². The summed E-state index contributed by atoms with van der Waals surface area (Å²) in [5, 5.41) is 0. The molecule has 1 aromatic heterocycles. The number of fused-ring (bicyclic) bond motifs is 2. The molecule has 36 heavy (non-hydrogen) atoms. The highest BCUT2D eigenvalue weighted by molar-refractivity contribution is 5.84. The summed E-state index contributed by atoms with van der Waals surface area (Å²) in [7, 11) is 1.75. The number of hydrogen-bond donors (Lipinski definition) is 0. The molecule has 6 atom stereocenters. The molecule has 2 bridgehead atoms. The summed E-state index contributed by atoms with van der Waals surface area (Å²) in [6.45, 7) is 6.86. The zero-order chi connectivity index (χ0) is 25.7. The molecule has 4 heterocycles. The standard InChI is InChI=1S/C27H38F3N3O3/c1-17(2)26(7-4-18(13-26)10-19-6-9-36-16-23(19)35-3)25(34)33-15-21-12-22(33)14-32(21)24-11-20(5-8-31-24)27(28,29)30/h5,8,11,17-19,21-23H,4,6-7,9-10,12-16H2,1-3H3/t18-,19+,21-,22-,23+,26-/m0/s1. The molecule has 5 rings (SSSR count). The Balaban J connectivity index is 1.26. The van der Waals surface area contributed by atoms with E-state index in [9.17, 15) is 18.0 Å². The molecular formula is C27H38F3N3O3. The largest absolute Gasteiger partial charge is 0.416 e. The second-order valence-electron chi connectivity index (χ2n) is 11.6. The third kappa shape index (κ3) is 4.62. The van der Waals surface area contributed by atoms with Crippen LogP contribution in [0.15, 0.2) is 18.3 Å². The first-order valence-corrected chi connectivity index (χ1v) is 13.3. The number of anilines is 1. The smallest absolute Gasteiger partial charge is 0.379 e. The molecule has 0 radical (unpaired) electrons. The second-order valence-corrected chi connectivity index (χ2v) is 11.6. The van der Waals surface area contributed by atoms with E-state index < -0.39 is 11.7 Å². The van der Waals surface area contributed by atoms with E-state index in [1.54, 1.807) is 7.11 Å². The summed E-state index contributed by atoms with van der Waals surface area (Å²) in [5.41, 5.74) is -1.04. The molecule has 0 aromatic carbocycles. The number of likely N-dealkylation sites (tertiary alicyclic amines) is 1. The van der Waals surface area contributed by atoms with E-state index in [1.165, 1.54) is 6.20 Å². The van der Waals surface area contributed by atoms with Crippen LogP contribution < -0.4 is 4.90 Å². The second kappa shape index (κ2) is 9.78. The Morgan fingerprint density at radius 3 is 2.75 bits per heavy atom. The van der Waals surface area contributed by atoms with Crippen LogP contribution in [0, 0.1) is 23.2 Å². The van der Waals surface area contributed by atoms with Gasteiger partial charge in [-0.2, -0.15) is 13.2 Å². The lowest BCUT2D eigenvalue weighted by atomic mass is 9.73. The molecule has 200 valence electrons. The summed E-state index contributed by atoms with van der Waals surface area (Å²) >= 11 is 0. The first-order chi connectivity index (χ1) is 17.1. The number of hydrogen-bond acceptors (Lipinski definition) is 5. The molecule has 9 heteroatoms. The van der Waals surface area contributed by atoms with Crippen molar-refractivity contribution in [2.45, 2.75) is 76.7 Å². The molecule has 4 aliphatic rings. The Morgan fingerprint density at radius 1 is 1.28 bits per heavy atom. The summed E-state index contributed by atoms with van der Waals surface area (Å²) in [5.74, 6) is 1.82. The number of nitrogens with zero attached hydrogens (tertiary/aromatic N) is 3. The van der Waals surface area contributed by atoms with Crippen LogP contribution in [0.5, 0.6) is 0 Å². The summed E-state index contributed by atoms with van der Waals surface area (Å²) < 4.78 is 50.9. The minimum absolute atomic E-state index is 0.0149. The molecule has 4 fully saturated rings. The fraction of sp³-hybridized carbons (Fsp3) is 0.778. The Kier molecular flexibility index (Phi) is 7.00. The van der Waals surface area contributed by atoms with Gasteiger partial charge in [0.2, 0.25) is 5.91 Å². The predicted molar refractivity (Wildman–Crippen MR) is 129 cm³/mol. The van der Waals surface area contributed by atoms with Gasteiger partial charge in [-0.15, -0.1) is 0 Å². The molecular weight excluding hydrogens is 471 g/mol. The summed E-state index contributed by atoms with van der Waals surface area (Å²) in [6, 6.07) is 2.18. The summed E-state index contributed by atoms with van der Waals surface area (Å²) in [6.07, 6.45) is 2.71. The van der Waals surface area contributed by atoms with E-state index in [2.05, 4.69) is 18.8 Å². The highest BCUT2D eigenvalue weighted by atomic mass is 19.4. The molecule has 0 N–H and O–H groups in total. The van der Waals surface area contributed by atoms with E-state index >= 15 is 0 Å². The number of piperazine rings is 1. The van der Waals surface area contributed by atoms with Crippen LogP contribution in [0.25, 0.3) is 0 Å². The molecule has 1 aromatic rings. The molecule has 1 saturated carbocycles. The first-order valence-electron chi connectivity index (χ1n) is 13.3. The van der Waals surface area contributed by atoms with E-state index in [0.29, 0.717) is 37.4 Å². The van der Waals surface area contributed by atoms with Crippen LogP contribution in [0.4, 0.5) is 19.0 Å². The lowest BCUT2D eigenvalue weighted by Crippen LogP contribution is -2.54. The van der Waals surface area contributed by atoms with Gasteiger partial charge in [0.1, 0.15) is 5.82 Å². The van der Waals surface area contributed by atoms with Gasteiger partial charge < -0.3 is 19.3 Å². The van der Waals surface area contributed by atoms with Gasteiger partial charge in [0.05, 0.1) is 35.8 Å². The Labute approximate surface area is 211 Å². The SMILES string of the molecule is CO[C@@H]1COCC[C@@H]1C[C@@H]1CC[C@@](C(=O)N2C[C@@H]3C[C@H]2CN3c2cc(C(F)(F)F)ccn2)(C(C)C)C1. The fourth-order valence-corrected chi connectivity index (χ4v) is 7.30. The number of aromatic nitrogens is 1. The zero-order valence-electron chi connectivity index (χ0n) is 21.5. The van der Waals surface area contributed by atoms with Gasteiger partial charge in [0.15, 0.2) is 0 Å². The number of rotatable bonds is 6. The molecule has 0 spiro atoms. The maximum absolute atomic E-state index is 14.1. The number of carbonyl (C=O) groups excluding carboxylic acids is 1. The van der Waals surface area contributed by atoms with Crippen molar-refractivity contribution in [3.05, 3.63) is 23.9 Å². The normalized spacial score (nSPS) is 34.7. The lowest BCUT2D eigenvalue weighted by molar-refractivity contribution is -0.146. The highest BCUT2D eigenvalue weighted by Gasteiger charge is 2.54. The predicted octanol–water partition coefficient (Wildman–Crippen LogP) is 4.77. The quantitative estimate of drug-likeness (QED) is 0.553. The molecule has 3 saturated heterocycles.